The summed E-state index contributed by atoms with van der Waals surface area (Å²) >= 11 is 0. The van der Waals surface area contributed by atoms with E-state index >= 15 is 0 Å². The van der Waals surface area contributed by atoms with E-state index in [9.17, 15) is 19.2 Å². The Hall–Kier alpha value is -3.16. The van der Waals surface area contributed by atoms with Crippen LogP contribution in [0.2, 0.25) is 0 Å². The minimum absolute atomic E-state index is 0.115. The molecule has 0 spiro atoms. The van der Waals surface area contributed by atoms with Gasteiger partial charge in [-0.05, 0) is 32.4 Å². The number of amides is 4. The number of carbonyl (C=O) groups excluding carboxylic acids is 4. The molecule has 0 aliphatic rings. The Bertz CT molecular complexity index is 705. The monoisotopic (exact) mass is 361 g/mol. The summed E-state index contributed by atoms with van der Waals surface area (Å²) in [6.07, 6.45) is 1.42. The molecular formula is C18H23N3O5. The first kappa shape index (κ1) is 20.9. The molecule has 0 unspecified atom stereocenters. The average molecular weight is 361 g/mol. The fourth-order valence-corrected chi connectivity index (χ4v) is 1.80. The minimum Gasteiger partial charge on any atom is -0.451 e. The first-order valence-electron chi connectivity index (χ1n) is 7.90. The summed E-state index contributed by atoms with van der Waals surface area (Å²) in [6.45, 7) is 5.85. The Morgan fingerprint density at radius 1 is 1.04 bits per heavy atom. The first-order valence-corrected chi connectivity index (χ1v) is 7.90. The Labute approximate surface area is 152 Å². The van der Waals surface area contributed by atoms with Crippen molar-refractivity contribution in [2.45, 2.75) is 33.2 Å². The van der Waals surface area contributed by atoms with E-state index in [1.54, 1.807) is 51.1 Å². The Kier molecular flexibility index (Phi) is 7.52. The summed E-state index contributed by atoms with van der Waals surface area (Å²) in [5, 5.41) is 6.95. The van der Waals surface area contributed by atoms with Crippen molar-refractivity contribution in [2.75, 3.05) is 6.61 Å². The van der Waals surface area contributed by atoms with Crippen molar-refractivity contribution in [2.24, 2.45) is 0 Å². The predicted molar refractivity (Wildman–Crippen MR) is 95.6 cm³/mol. The van der Waals surface area contributed by atoms with Crippen molar-refractivity contribution in [1.82, 2.24) is 16.0 Å². The van der Waals surface area contributed by atoms with Gasteiger partial charge in [0, 0.05) is 12.5 Å². The number of ether oxygens (including phenoxy) is 1. The number of urea groups is 1. The summed E-state index contributed by atoms with van der Waals surface area (Å²) in [6, 6.07) is 8.12. The topological polar surface area (TPSA) is 114 Å². The molecule has 26 heavy (non-hydrogen) atoms. The average Bonchev–Trinajstić information content (AvgIpc) is 2.50. The number of hydrogen-bond acceptors (Lipinski definition) is 5. The molecule has 1 rings (SSSR count). The molecule has 0 saturated heterocycles. The first-order chi connectivity index (χ1) is 12.1. The van der Waals surface area contributed by atoms with Crippen LogP contribution in [0.1, 0.15) is 33.3 Å². The highest BCUT2D eigenvalue weighted by Crippen LogP contribution is 2.06. The third-order valence-corrected chi connectivity index (χ3v) is 2.72. The molecule has 0 atom stereocenters. The van der Waals surface area contributed by atoms with Crippen LogP contribution in [0, 0.1) is 0 Å². The highest BCUT2D eigenvalue weighted by molar-refractivity contribution is 6.00. The smallest absolute Gasteiger partial charge is 0.355 e. The number of imide groups is 1. The molecule has 140 valence electrons. The van der Waals surface area contributed by atoms with Crippen molar-refractivity contribution in [1.29, 1.82) is 0 Å². The van der Waals surface area contributed by atoms with Crippen LogP contribution in [0.15, 0.2) is 36.0 Å². The zero-order chi connectivity index (χ0) is 19.7. The van der Waals surface area contributed by atoms with Gasteiger partial charge in [-0.3, -0.25) is 14.9 Å². The molecule has 8 heteroatoms. The molecule has 0 radical (unpaired) electrons. The summed E-state index contributed by atoms with van der Waals surface area (Å²) in [5.41, 5.74) is 0.0377. The van der Waals surface area contributed by atoms with E-state index in [0.29, 0.717) is 5.56 Å². The van der Waals surface area contributed by atoms with Gasteiger partial charge >= 0.3 is 12.0 Å². The lowest BCUT2D eigenvalue weighted by Gasteiger charge is -2.20. The van der Waals surface area contributed by atoms with Gasteiger partial charge < -0.3 is 15.4 Å². The van der Waals surface area contributed by atoms with E-state index in [0.717, 1.165) is 0 Å². The van der Waals surface area contributed by atoms with Gasteiger partial charge in [-0.1, -0.05) is 30.3 Å². The van der Waals surface area contributed by atoms with E-state index in [4.69, 9.17) is 4.74 Å². The lowest BCUT2D eigenvalue weighted by Crippen LogP contribution is -2.49. The molecule has 0 aromatic heterocycles. The zero-order valence-corrected chi connectivity index (χ0v) is 15.2. The van der Waals surface area contributed by atoms with Crippen LogP contribution < -0.4 is 16.0 Å². The van der Waals surface area contributed by atoms with Crippen LogP contribution >= 0.6 is 0 Å². The van der Waals surface area contributed by atoms with Gasteiger partial charge in [0.15, 0.2) is 6.61 Å². The maximum atomic E-state index is 12.1. The Morgan fingerprint density at radius 2 is 1.65 bits per heavy atom. The lowest BCUT2D eigenvalue weighted by atomic mass is 10.1. The van der Waals surface area contributed by atoms with Gasteiger partial charge in [0.1, 0.15) is 5.70 Å². The summed E-state index contributed by atoms with van der Waals surface area (Å²) in [7, 11) is 0. The third kappa shape index (κ3) is 8.62. The molecule has 0 saturated carbocycles. The second-order valence-electron chi connectivity index (χ2n) is 6.48. The number of rotatable bonds is 5. The van der Waals surface area contributed by atoms with Crippen molar-refractivity contribution < 1.29 is 23.9 Å². The molecule has 0 heterocycles. The lowest BCUT2D eigenvalue weighted by molar-refractivity contribution is -0.145. The second kappa shape index (κ2) is 9.36. The van der Waals surface area contributed by atoms with Gasteiger partial charge in [-0.15, -0.1) is 0 Å². The van der Waals surface area contributed by atoms with E-state index in [-0.39, 0.29) is 5.70 Å². The molecule has 0 bridgehead atoms. The van der Waals surface area contributed by atoms with Crippen LogP contribution in [0.3, 0.4) is 0 Å². The maximum Gasteiger partial charge on any atom is 0.355 e. The van der Waals surface area contributed by atoms with E-state index in [2.05, 4.69) is 10.6 Å². The largest absolute Gasteiger partial charge is 0.451 e. The molecule has 0 aliphatic heterocycles. The minimum atomic E-state index is -0.893. The van der Waals surface area contributed by atoms with Gasteiger partial charge in [-0.25, -0.2) is 9.59 Å². The SMILES string of the molecule is CC(=O)N/C(=C/c1ccccc1)C(=O)OCC(=O)NC(=O)NC(C)(C)C. The summed E-state index contributed by atoms with van der Waals surface area (Å²) in [5.74, 6) is -2.14. The quantitative estimate of drug-likeness (QED) is 0.541. The molecule has 3 N–H and O–H groups in total. The molecule has 1 aromatic carbocycles. The van der Waals surface area contributed by atoms with Crippen molar-refractivity contribution in [3.63, 3.8) is 0 Å². The normalized spacial score (nSPS) is 11.3. The molecule has 8 nitrogen and oxygen atoms in total. The molecule has 4 amide bonds. The Balaban J connectivity index is 2.67. The molecule has 0 fully saturated rings. The van der Waals surface area contributed by atoms with Crippen LogP contribution in [0.25, 0.3) is 6.08 Å². The standard InChI is InChI=1S/C18H23N3O5/c1-12(22)19-14(10-13-8-6-5-7-9-13)16(24)26-11-15(23)20-17(25)21-18(2,3)4/h5-10H,11H2,1-4H3,(H,19,22)(H2,20,21,23,25)/b14-10+. The van der Waals surface area contributed by atoms with Crippen LogP contribution in [-0.4, -0.2) is 36.0 Å². The van der Waals surface area contributed by atoms with Gasteiger partial charge in [0.25, 0.3) is 5.91 Å². The van der Waals surface area contributed by atoms with Gasteiger partial charge in [-0.2, -0.15) is 0 Å². The molecule has 0 aliphatic carbocycles. The van der Waals surface area contributed by atoms with Crippen LogP contribution in [0.5, 0.6) is 0 Å². The summed E-state index contributed by atoms with van der Waals surface area (Å²) in [4.78, 5) is 46.7. The molecular weight excluding hydrogens is 338 g/mol. The highest BCUT2D eigenvalue weighted by Gasteiger charge is 2.18. The van der Waals surface area contributed by atoms with Crippen molar-refractivity contribution >= 4 is 29.9 Å². The number of hydrogen-bond donors (Lipinski definition) is 3. The third-order valence-electron chi connectivity index (χ3n) is 2.72. The van der Waals surface area contributed by atoms with Gasteiger partial charge in [0.2, 0.25) is 5.91 Å². The predicted octanol–water partition coefficient (Wildman–Crippen LogP) is 1.33. The number of nitrogens with one attached hydrogen (secondary N) is 3. The molecule has 1 aromatic rings. The number of carbonyl (C=O) groups is 4. The van der Waals surface area contributed by atoms with E-state index in [1.807, 2.05) is 5.32 Å². The Morgan fingerprint density at radius 3 is 2.19 bits per heavy atom. The summed E-state index contributed by atoms with van der Waals surface area (Å²) < 4.78 is 4.86. The van der Waals surface area contributed by atoms with Gasteiger partial charge in [0.05, 0.1) is 0 Å². The number of esters is 1. The number of benzene rings is 1. The van der Waals surface area contributed by atoms with E-state index in [1.165, 1.54) is 13.0 Å². The highest BCUT2D eigenvalue weighted by atomic mass is 16.5. The maximum absolute atomic E-state index is 12.1. The van der Waals surface area contributed by atoms with Crippen molar-refractivity contribution in [3.05, 3.63) is 41.6 Å². The fraction of sp³-hybridized carbons (Fsp3) is 0.333. The van der Waals surface area contributed by atoms with Crippen molar-refractivity contribution in [3.8, 4) is 0 Å². The van der Waals surface area contributed by atoms with Crippen LogP contribution in [-0.2, 0) is 19.1 Å². The van der Waals surface area contributed by atoms with E-state index < -0.39 is 36.0 Å². The zero-order valence-electron chi connectivity index (χ0n) is 15.2. The second-order valence-corrected chi connectivity index (χ2v) is 6.48. The van der Waals surface area contributed by atoms with Crippen LogP contribution in [0.4, 0.5) is 4.79 Å². The fourth-order valence-electron chi connectivity index (χ4n) is 1.80.